The van der Waals surface area contributed by atoms with Crippen LogP contribution in [0.3, 0.4) is 0 Å². The van der Waals surface area contributed by atoms with E-state index in [0.717, 1.165) is 18.0 Å². The molecule has 0 aromatic heterocycles. The summed E-state index contributed by atoms with van der Waals surface area (Å²) in [6, 6.07) is 8.39. The van der Waals surface area contributed by atoms with E-state index in [0.29, 0.717) is 31.0 Å². The summed E-state index contributed by atoms with van der Waals surface area (Å²) in [5.41, 5.74) is 5.98. The van der Waals surface area contributed by atoms with Crippen molar-refractivity contribution in [2.45, 2.75) is 26.3 Å². The van der Waals surface area contributed by atoms with Crippen LogP contribution in [0.2, 0.25) is 0 Å². The zero-order valence-electron chi connectivity index (χ0n) is 13.4. The normalized spacial score (nSPS) is 20.7. The fourth-order valence-corrected chi connectivity index (χ4v) is 3.00. The van der Waals surface area contributed by atoms with E-state index in [4.69, 9.17) is 15.2 Å². The van der Waals surface area contributed by atoms with Gasteiger partial charge in [0.05, 0.1) is 13.7 Å². The number of ether oxygens (including phenoxy) is 2. The molecule has 1 aromatic rings. The van der Waals surface area contributed by atoms with Crippen molar-refractivity contribution in [3.63, 3.8) is 0 Å². The predicted molar refractivity (Wildman–Crippen MR) is 85.8 cm³/mol. The van der Waals surface area contributed by atoms with Crippen molar-refractivity contribution in [3.05, 3.63) is 24.3 Å². The lowest BCUT2D eigenvalue weighted by molar-refractivity contribution is 0.183. The maximum Gasteiger partial charge on any atom is 0.161 e. The second-order valence-electron chi connectivity index (χ2n) is 6.10. The molecule has 118 valence electrons. The zero-order valence-corrected chi connectivity index (χ0v) is 13.4. The summed E-state index contributed by atoms with van der Waals surface area (Å²) in [6.45, 7) is 8.15. The summed E-state index contributed by atoms with van der Waals surface area (Å²) in [6.07, 6.45) is 1.22. The van der Waals surface area contributed by atoms with Crippen molar-refractivity contribution in [2.75, 3.05) is 33.4 Å². The molecule has 1 fully saturated rings. The van der Waals surface area contributed by atoms with E-state index in [1.54, 1.807) is 7.11 Å². The highest BCUT2D eigenvalue weighted by Gasteiger charge is 2.30. The molecule has 2 atom stereocenters. The first-order valence-electron chi connectivity index (χ1n) is 7.85. The lowest BCUT2D eigenvalue weighted by Crippen LogP contribution is -2.33. The van der Waals surface area contributed by atoms with Gasteiger partial charge in [-0.25, -0.2) is 0 Å². The van der Waals surface area contributed by atoms with Gasteiger partial charge in [-0.2, -0.15) is 0 Å². The second-order valence-corrected chi connectivity index (χ2v) is 6.10. The molecule has 1 heterocycles. The summed E-state index contributed by atoms with van der Waals surface area (Å²) < 4.78 is 11.3. The number of rotatable bonds is 7. The Hall–Kier alpha value is -1.26. The molecule has 0 aliphatic carbocycles. The summed E-state index contributed by atoms with van der Waals surface area (Å²) in [5, 5.41) is 0. The molecule has 0 amide bonds. The van der Waals surface area contributed by atoms with E-state index in [9.17, 15) is 0 Å². The molecule has 4 heteroatoms. The minimum atomic E-state index is 0.402. The molecule has 2 rings (SSSR count). The number of likely N-dealkylation sites (tertiary alicyclic amines) is 1. The monoisotopic (exact) mass is 292 g/mol. The van der Waals surface area contributed by atoms with Crippen LogP contribution in [-0.2, 0) is 0 Å². The topological polar surface area (TPSA) is 47.7 Å². The van der Waals surface area contributed by atoms with Gasteiger partial charge in [-0.1, -0.05) is 12.1 Å². The molecule has 21 heavy (non-hydrogen) atoms. The van der Waals surface area contributed by atoms with Crippen LogP contribution in [0.4, 0.5) is 0 Å². The Morgan fingerprint density at radius 3 is 2.57 bits per heavy atom. The number of nitrogens with zero attached hydrogens (tertiary/aromatic N) is 1. The molecule has 0 spiro atoms. The van der Waals surface area contributed by atoms with Gasteiger partial charge in [0.25, 0.3) is 0 Å². The molecule has 0 radical (unpaired) electrons. The summed E-state index contributed by atoms with van der Waals surface area (Å²) in [4.78, 5) is 2.52. The number of benzene rings is 1. The van der Waals surface area contributed by atoms with Gasteiger partial charge in [-0.05, 0) is 51.4 Å². The molecule has 1 aromatic carbocycles. The average molecular weight is 292 g/mol. The highest BCUT2D eigenvalue weighted by Crippen LogP contribution is 2.29. The molecule has 1 aliphatic heterocycles. The highest BCUT2D eigenvalue weighted by molar-refractivity contribution is 5.39. The predicted octanol–water partition coefficient (Wildman–Crippen LogP) is 2.38. The van der Waals surface area contributed by atoms with E-state index in [1.807, 2.05) is 24.3 Å². The smallest absolute Gasteiger partial charge is 0.161 e. The zero-order chi connectivity index (χ0) is 15.2. The molecule has 0 bridgehead atoms. The fraction of sp³-hybridized carbons (Fsp3) is 0.647. The van der Waals surface area contributed by atoms with Crippen molar-refractivity contribution < 1.29 is 9.47 Å². The third-order valence-electron chi connectivity index (χ3n) is 4.48. The Kier molecular flexibility index (Phi) is 5.88. The molecule has 2 unspecified atom stereocenters. The van der Waals surface area contributed by atoms with Crippen LogP contribution < -0.4 is 15.2 Å². The number of hydrogen-bond donors (Lipinski definition) is 1. The molecule has 0 saturated carbocycles. The lowest BCUT2D eigenvalue weighted by atomic mass is 9.92. The van der Waals surface area contributed by atoms with E-state index in [2.05, 4.69) is 18.7 Å². The SMILES string of the molecule is COc1ccccc1OCC(CN)C1CCN(C(C)C)C1. The Morgan fingerprint density at radius 1 is 1.29 bits per heavy atom. The van der Waals surface area contributed by atoms with Crippen molar-refractivity contribution in [1.29, 1.82) is 0 Å². The van der Waals surface area contributed by atoms with Crippen molar-refractivity contribution in [1.82, 2.24) is 4.90 Å². The van der Waals surface area contributed by atoms with Gasteiger partial charge in [0.15, 0.2) is 11.5 Å². The van der Waals surface area contributed by atoms with E-state index in [1.165, 1.54) is 13.0 Å². The Morgan fingerprint density at radius 2 is 2.00 bits per heavy atom. The molecule has 2 N–H and O–H groups in total. The average Bonchev–Trinajstić information content (AvgIpc) is 2.98. The van der Waals surface area contributed by atoms with Crippen molar-refractivity contribution in [3.8, 4) is 11.5 Å². The van der Waals surface area contributed by atoms with Gasteiger partial charge in [0.1, 0.15) is 0 Å². The second kappa shape index (κ2) is 7.66. The van der Waals surface area contributed by atoms with Gasteiger partial charge < -0.3 is 20.1 Å². The maximum atomic E-state index is 5.98. The van der Waals surface area contributed by atoms with Gasteiger partial charge >= 0.3 is 0 Å². The summed E-state index contributed by atoms with van der Waals surface area (Å²) in [5.74, 6) is 2.62. The number of nitrogens with two attached hydrogens (primary N) is 1. The minimum Gasteiger partial charge on any atom is -0.493 e. The minimum absolute atomic E-state index is 0.402. The Labute approximate surface area is 128 Å². The van der Waals surface area contributed by atoms with Gasteiger partial charge in [-0.3, -0.25) is 0 Å². The number of para-hydroxylation sites is 2. The van der Waals surface area contributed by atoms with E-state index < -0.39 is 0 Å². The first-order chi connectivity index (χ1) is 10.2. The quantitative estimate of drug-likeness (QED) is 0.838. The van der Waals surface area contributed by atoms with Gasteiger partial charge in [-0.15, -0.1) is 0 Å². The van der Waals surface area contributed by atoms with Crippen LogP contribution >= 0.6 is 0 Å². The lowest BCUT2D eigenvalue weighted by Gasteiger charge is -2.25. The van der Waals surface area contributed by atoms with E-state index in [-0.39, 0.29) is 0 Å². The Balaban J connectivity index is 1.91. The van der Waals surface area contributed by atoms with Crippen LogP contribution in [-0.4, -0.2) is 44.3 Å². The van der Waals surface area contributed by atoms with Crippen LogP contribution in [0.1, 0.15) is 20.3 Å². The standard InChI is InChI=1S/C17H28N2O2/c1-13(2)19-9-8-14(11-19)15(10-18)12-21-17-7-5-4-6-16(17)20-3/h4-7,13-15H,8-12,18H2,1-3H3. The number of hydrogen-bond acceptors (Lipinski definition) is 4. The molecule has 4 nitrogen and oxygen atoms in total. The van der Waals surface area contributed by atoms with Crippen LogP contribution in [0, 0.1) is 11.8 Å². The van der Waals surface area contributed by atoms with Crippen molar-refractivity contribution >= 4 is 0 Å². The number of methoxy groups -OCH3 is 1. The van der Waals surface area contributed by atoms with E-state index >= 15 is 0 Å². The first-order valence-corrected chi connectivity index (χ1v) is 7.85. The van der Waals surface area contributed by atoms with Gasteiger partial charge in [0, 0.05) is 18.5 Å². The largest absolute Gasteiger partial charge is 0.493 e. The summed E-state index contributed by atoms with van der Waals surface area (Å²) >= 11 is 0. The molecule has 1 saturated heterocycles. The van der Waals surface area contributed by atoms with Crippen LogP contribution in [0.5, 0.6) is 11.5 Å². The van der Waals surface area contributed by atoms with Crippen LogP contribution in [0.15, 0.2) is 24.3 Å². The third-order valence-corrected chi connectivity index (χ3v) is 4.48. The third kappa shape index (κ3) is 4.11. The van der Waals surface area contributed by atoms with Crippen molar-refractivity contribution in [2.24, 2.45) is 17.6 Å². The first kappa shape index (κ1) is 16.1. The molecule has 1 aliphatic rings. The molecular weight excluding hydrogens is 264 g/mol. The van der Waals surface area contributed by atoms with Crippen LogP contribution in [0.25, 0.3) is 0 Å². The molecular formula is C17H28N2O2. The Bertz CT molecular complexity index is 437. The summed E-state index contributed by atoms with van der Waals surface area (Å²) in [7, 11) is 1.67. The highest BCUT2D eigenvalue weighted by atomic mass is 16.5. The van der Waals surface area contributed by atoms with Gasteiger partial charge in [0.2, 0.25) is 0 Å². The fourth-order valence-electron chi connectivity index (χ4n) is 3.00. The maximum absolute atomic E-state index is 5.98.